The van der Waals surface area contributed by atoms with Gasteiger partial charge in [0.1, 0.15) is 11.7 Å². The first-order chi connectivity index (χ1) is 14.7. The molecular weight excluding hydrogens is 439 g/mol. The third kappa shape index (κ3) is 9.37. The minimum Gasteiger partial charge on any atom is -0.437 e. The fourth-order valence-electron chi connectivity index (χ4n) is 1.97. The van der Waals surface area contributed by atoms with Gasteiger partial charge in [-0.3, -0.25) is 9.59 Å². The van der Waals surface area contributed by atoms with E-state index in [0.29, 0.717) is 0 Å². The van der Waals surface area contributed by atoms with Crippen molar-refractivity contribution in [2.75, 3.05) is 13.6 Å². The maximum atomic E-state index is 13.1. The van der Waals surface area contributed by atoms with Crippen LogP contribution in [-0.4, -0.2) is 31.5 Å². The van der Waals surface area contributed by atoms with E-state index in [1.807, 2.05) is 6.92 Å². The van der Waals surface area contributed by atoms with Crippen LogP contribution < -0.4 is 4.52 Å². The second-order valence-corrected chi connectivity index (χ2v) is 10.6. The Bertz CT molecular complexity index is 836. The molecule has 0 aliphatic carbocycles. The number of esters is 2. The number of carbonyl (C=O) groups is 2. The van der Waals surface area contributed by atoms with Crippen LogP contribution in [0.2, 0.25) is 0 Å². The summed E-state index contributed by atoms with van der Waals surface area (Å²) in [4.78, 5) is 34.3. The zero-order valence-corrected chi connectivity index (χ0v) is 20.4. The molecule has 178 valence electrons. The molecule has 1 aromatic rings. The number of ether oxygens (including phenoxy) is 2. The second-order valence-electron chi connectivity index (χ2n) is 9.04. The number of phosphoric ester groups is 1. The molecule has 0 N–H and O–H groups in total. The lowest BCUT2D eigenvalue weighted by atomic mass is 9.98. The van der Waals surface area contributed by atoms with E-state index in [4.69, 9.17) is 23.0 Å². The highest BCUT2D eigenvalue weighted by molar-refractivity contribution is 7.48. The highest BCUT2D eigenvalue weighted by atomic mass is 31.2. The van der Waals surface area contributed by atoms with Crippen molar-refractivity contribution >= 4 is 25.7 Å². The summed E-state index contributed by atoms with van der Waals surface area (Å²) in [6.07, 6.45) is 1.36. The molecule has 0 aliphatic heterocycles. The minimum absolute atomic E-state index is 0.128. The van der Waals surface area contributed by atoms with Gasteiger partial charge in [0, 0.05) is 12.0 Å². The number of hydrogen-bond acceptors (Lipinski definition) is 9. The molecule has 1 rings (SSSR count). The first-order valence-corrected chi connectivity index (χ1v) is 11.4. The molecule has 0 bridgehead atoms. The number of benzene rings is 1. The van der Waals surface area contributed by atoms with Gasteiger partial charge in [-0.05, 0) is 59.2 Å². The smallest absolute Gasteiger partial charge is 0.437 e. The monoisotopic (exact) mass is 470 g/mol. The van der Waals surface area contributed by atoms with E-state index in [-0.39, 0.29) is 11.7 Å². The molecule has 0 amide bonds. The summed E-state index contributed by atoms with van der Waals surface area (Å²) < 4.78 is 38.6. The zero-order chi connectivity index (χ0) is 24.6. The first-order valence-electron chi connectivity index (χ1n) is 9.92. The Labute approximate surface area is 188 Å². The van der Waals surface area contributed by atoms with Crippen molar-refractivity contribution in [1.82, 2.24) is 0 Å². The molecule has 0 saturated carbocycles. The predicted octanol–water partition coefficient (Wildman–Crippen LogP) is 4.79. The van der Waals surface area contributed by atoms with Crippen molar-refractivity contribution in [1.29, 1.82) is 0 Å². The van der Waals surface area contributed by atoms with Crippen molar-refractivity contribution < 1.29 is 42.0 Å². The third-order valence-electron chi connectivity index (χ3n) is 3.97. The summed E-state index contributed by atoms with van der Waals surface area (Å²) in [5.41, 5.74) is -0.782. The fraction of sp³-hybridized carbons (Fsp3) is 0.545. The molecular formula is C22H31O9P. The van der Waals surface area contributed by atoms with E-state index in [1.54, 1.807) is 59.6 Å². The molecule has 1 aromatic carbocycles. The Morgan fingerprint density at radius 3 is 1.75 bits per heavy atom. The molecule has 0 spiro atoms. The summed E-state index contributed by atoms with van der Waals surface area (Å²) in [7, 11) is -4.33. The van der Waals surface area contributed by atoms with Gasteiger partial charge >= 0.3 is 19.8 Å². The van der Waals surface area contributed by atoms with E-state index in [0.717, 1.165) is 5.56 Å². The molecule has 10 heteroatoms. The van der Waals surface area contributed by atoms with Crippen LogP contribution in [0.3, 0.4) is 0 Å². The number of phosphoric acid groups is 1. The Hall–Kier alpha value is -2.44. The fourth-order valence-corrected chi connectivity index (χ4v) is 2.89. The molecule has 0 heterocycles. The van der Waals surface area contributed by atoms with Gasteiger partial charge in [0.25, 0.3) is 0 Å². The molecule has 0 aliphatic rings. The van der Waals surface area contributed by atoms with Gasteiger partial charge in [-0.15, -0.1) is 0 Å². The van der Waals surface area contributed by atoms with E-state index in [9.17, 15) is 18.9 Å². The molecule has 0 radical (unpaired) electrons. The van der Waals surface area contributed by atoms with Crippen LogP contribution in [-0.2, 0) is 37.5 Å². The standard InChI is InChI=1S/C22H31O9P/c1-16(12-13-23)17-8-10-18(11-9-17)31-32(26,29-14-27-19(24)21(2,3)4)30-15-28-20(25)22(5,6)7/h8-12,16H,14-15H2,1-7H3. The Balaban J connectivity index is 2.90. The maximum Gasteiger partial charge on any atom is 0.535 e. The summed E-state index contributed by atoms with van der Waals surface area (Å²) in [5, 5.41) is 0. The molecule has 0 saturated heterocycles. The van der Waals surface area contributed by atoms with Gasteiger partial charge in [-0.2, -0.15) is 0 Å². The summed E-state index contributed by atoms with van der Waals surface area (Å²) >= 11 is 0. The highest BCUT2D eigenvalue weighted by Gasteiger charge is 2.32. The van der Waals surface area contributed by atoms with Crippen LogP contribution in [0, 0.1) is 10.8 Å². The predicted molar refractivity (Wildman–Crippen MR) is 116 cm³/mol. The topological polar surface area (TPSA) is 114 Å². The summed E-state index contributed by atoms with van der Waals surface area (Å²) in [6, 6.07) is 6.34. The molecule has 0 fully saturated rings. The van der Waals surface area contributed by atoms with Crippen LogP contribution in [0.4, 0.5) is 0 Å². The van der Waals surface area contributed by atoms with Gasteiger partial charge in [-0.25, -0.2) is 18.4 Å². The van der Waals surface area contributed by atoms with Gasteiger partial charge in [-0.1, -0.05) is 19.1 Å². The van der Waals surface area contributed by atoms with E-state index < -0.39 is 44.2 Å². The average molecular weight is 470 g/mol. The van der Waals surface area contributed by atoms with Crippen molar-refractivity contribution in [2.45, 2.75) is 54.4 Å². The number of hydrogen-bond donors (Lipinski definition) is 0. The number of allylic oxidation sites excluding steroid dienone is 1. The van der Waals surface area contributed by atoms with Crippen LogP contribution in [0.15, 0.2) is 30.3 Å². The van der Waals surface area contributed by atoms with Gasteiger partial charge < -0.3 is 14.0 Å². The number of carbonyl (C=O) groups excluding carboxylic acids is 3. The van der Waals surface area contributed by atoms with Crippen LogP contribution >= 0.6 is 7.82 Å². The second kappa shape index (κ2) is 11.4. The van der Waals surface area contributed by atoms with Gasteiger partial charge in [0.05, 0.1) is 10.8 Å². The lowest BCUT2D eigenvalue weighted by molar-refractivity contribution is -0.162. The molecule has 1 unspecified atom stereocenters. The Kier molecular flexibility index (Phi) is 9.86. The van der Waals surface area contributed by atoms with Crippen LogP contribution in [0.25, 0.3) is 0 Å². The van der Waals surface area contributed by atoms with E-state index in [1.165, 1.54) is 18.2 Å². The zero-order valence-electron chi connectivity index (χ0n) is 19.5. The summed E-state index contributed by atoms with van der Waals surface area (Å²) in [5.74, 6) is 0.530. The molecule has 32 heavy (non-hydrogen) atoms. The van der Waals surface area contributed by atoms with Crippen molar-refractivity contribution in [2.24, 2.45) is 10.8 Å². The maximum absolute atomic E-state index is 13.1. The quantitative estimate of drug-likeness (QED) is 0.206. The molecule has 1 atom stereocenters. The van der Waals surface area contributed by atoms with Gasteiger partial charge in [0.15, 0.2) is 0 Å². The Morgan fingerprint density at radius 2 is 1.38 bits per heavy atom. The van der Waals surface area contributed by atoms with Crippen LogP contribution in [0.1, 0.15) is 59.9 Å². The van der Waals surface area contributed by atoms with Crippen molar-refractivity contribution in [3.63, 3.8) is 0 Å². The van der Waals surface area contributed by atoms with Crippen molar-refractivity contribution in [3.05, 3.63) is 35.9 Å². The molecule has 9 nitrogen and oxygen atoms in total. The molecule has 0 aromatic heterocycles. The van der Waals surface area contributed by atoms with Crippen molar-refractivity contribution in [3.8, 4) is 5.75 Å². The van der Waals surface area contributed by atoms with Crippen LogP contribution in [0.5, 0.6) is 5.75 Å². The third-order valence-corrected chi connectivity index (χ3v) is 5.25. The van der Waals surface area contributed by atoms with E-state index >= 15 is 0 Å². The normalized spacial score (nSPS) is 13.0. The highest BCUT2D eigenvalue weighted by Crippen LogP contribution is 2.49. The van der Waals surface area contributed by atoms with Gasteiger partial charge in [0.2, 0.25) is 13.6 Å². The first kappa shape index (κ1) is 27.6. The summed E-state index contributed by atoms with van der Waals surface area (Å²) in [6.45, 7) is 10.3. The average Bonchev–Trinajstić information content (AvgIpc) is 2.67. The SMILES string of the molecule is CC(C=C=O)c1ccc(OP(=O)(OCOC(=O)C(C)(C)C)OCOC(=O)C(C)(C)C)cc1. The number of rotatable bonds is 10. The minimum atomic E-state index is -4.33. The lowest BCUT2D eigenvalue weighted by Crippen LogP contribution is -2.25. The lowest BCUT2D eigenvalue weighted by Gasteiger charge is -2.21. The van der Waals surface area contributed by atoms with E-state index in [2.05, 4.69) is 0 Å². The largest absolute Gasteiger partial charge is 0.535 e. The Morgan fingerprint density at radius 1 is 0.938 bits per heavy atom.